The predicted octanol–water partition coefficient (Wildman–Crippen LogP) is 13.5. The van der Waals surface area contributed by atoms with E-state index in [9.17, 15) is 0 Å². The summed E-state index contributed by atoms with van der Waals surface area (Å²) in [7, 11) is 0. The Morgan fingerprint density at radius 3 is 1.77 bits per heavy atom. The normalized spacial score (nSPS) is 13.2. The fourth-order valence-electron chi connectivity index (χ4n) is 9.20. The van der Waals surface area contributed by atoms with Gasteiger partial charge in [-0.05, 0) is 87.0 Å². The molecule has 0 unspecified atom stereocenters. The molecule has 1 aliphatic carbocycles. The quantitative estimate of drug-likeness (QED) is 0.176. The maximum atomic E-state index is 2.52. The lowest BCUT2D eigenvalue weighted by Gasteiger charge is -2.22. The molecule has 53 heavy (non-hydrogen) atoms. The summed E-state index contributed by atoms with van der Waals surface area (Å²) in [6.07, 6.45) is 0. The van der Waals surface area contributed by atoms with Gasteiger partial charge in [-0.25, -0.2) is 0 Å². The lowest BCUT2D eigenvalue weighted by Crippen LogP contribution is -2.15. The molecule has 0 fully saturated rings. The summed E-state index contributed by atoms with van der Waals surface area (Å²) in [5, 5.41) is 5.06. The Morgan fingerprint density at radius 1 is 0.358 bits per heavy atom. The summed E-state index contributed by atoms with van der Waals surface area (Å²) >= 11 is 0. The molecule has 0 saturated heterocycles. The summed E-state index contributed by atoms with van der Waals surface area (Å²) in [5.74, 6) is 0. The Morgan fingerprint density at radius 2 is 0.962 bits per heavy atom. The largest absolute Gasteiger partial charge is 0.309 e. The van der Waals surface area contributed by atoms with Crippen LogP contribution in [-0.4, -0.2) is 9.13 Å². The number of para-hydroxylation sites is 2. The van der Waals surface area contributed by atoms with Crippen molar-refractivity contribution in [3.8, 4) is 44.8 Å². The first-order chi connectivity index (χ1) is 26.1. The van der Waals surface area contributed by atoms with Gasteiger partial charge in [0.1, 0.15) is 0 Å². The number of nitrogens with zero attached hydrogens (tertiary/aromatic N) is 2. The zero-order valence-electron chi connectivity index (χ0n) is 29.7. The van der Waals surface area contributed by atoms with Crippen molar-refractivity contribution in [3.63, 3.8) is 0 Å². The van der Waals surface area contributed by atoms with Crippen LogP contribution in [0.4, 0.5) is 0 Å². The third-order valence-electron chi connectivity index (χ3n) is 11.7. The minimum Gasteiger partial charge on any atom is -0.309 e. The average Bonchev–Trinajstić information content (AvgIpc) is 3.81. The predicted molar refractivity (Wildman–Crippen MR) is 224 cm³/mol. The molecule has 0 radical (unpaired) electrons. The van der Waals surface area contributed by atoms with Gasteiger partial charge in [0, 0.05) is 38.3 Å². The molecule has 2 heterocycles. The molecule has 10 aromatic rings. The van der Waals surface area contributed by atoms with E-state index in [2.05, 4.69) is 205 Å². The lowest BCUT2D eigenvalue weighted by atomic mass is 9.82. The van der Waals surface area contributed by atoms with Crippen LogP contribution >= 0.6 is 0 Å². The van der Waals surface area contributed by atoms with Crippen LogP contribution in [0, 0.1) is 0 Å². The Hall–Kier alpha value is -6.64. The summed E-state index contributed by atoms with van der Waals surface area (Å²) in [6, 6.07) is 67.0. The first-order valence-corrected chi connectivity index (χ1v) is 18.5. The molecule has 0 atom stereocenters. The summed E-state index contributed by atoms with van der Waals surface area (Å²) < 4.78 is 4.98. The van der Waals surface area contributed by atoms with Gasteiger partial charge in [0.15, 0.2) is 0 Å². The Balaban J connectivity index is 1.14. The van der Waals surface area contributed by atoms with Gasteiger partial charge in [-0.2, -0.15) is 0 Å². The second kappa shape index (κ2) is 11.2. The number of aromatic nitrogens is 2. The first-order valence-electron chi connectivity index (χ1n) is 18.5. The van der Waals surface area contributed by atoms with Crippen LogP contribution in [0.1, 0.15) is 25.0 Å². The van der Waals surface area contributed by atoms with Crippen molar-refractivity contribution in [1.82, 2.24) is 9.13 Å². The average molecular weight is 677 g/mol. The van der Waals surface area contributed by atoms with Gasteiger partial charge in [0.25, 0.3) is 0 Å². The van der Waals surface area contributed by atoms with Crippen molar-refractivity contribution < 1.29 is 0 Å². The van der Waals surface area contributed by atoms with Crippen molar-refractivity contribution in [1.29, 1.82) is 0 Å². The molecular weight excluding hydrogens is 641 g/mol. The van der Waals surface area contributed by atoms with E-state index in [4.69, 9.17) is 0 Å². The molecule has 2 aromatic heterocycles. The summed E-state index contributed by atoms with van der Waals surface area (Å²) in [4.78, 5) is 0. The van der Waals surface area contributed by atoms with E-state index in [-0.39, 0.29) is 5.41 Å². The highest BCUT2D eigenvalue weighted by atomic mass is 15.0. The standard InChI is InChI=1S/C51H36N2/c1-51(2)44-20-9-6-17-39(44)40-28-27-38(32-45(40)51)53-46-21-10-7-18-41(46)42-29-30-48-49(50(42)53)43-19-8-11-22-47(43)52(48)37-16-12-15-36(31-37)35-25-23-34(24-26-35)33-13-4-3-5-14-33/h3-32H,1-2H3. The van der Waals surface area contributed by atoms with Gasteiger partial charge in [-0.3, -0.25) is 0 Å². The second-order valence-corrected chi connectivity index (χ2v) is 15.0. The van der Waals surface area contributed by atoms with Crippen LogP contribution in [0.15, 0.2) is 182 Å². The molecule has 0 saturated carbocycles. The van der Waals surface area contributed by atoms with Crippen LogP contribution < -0.4 is 0 Å². The van der Waals surface area contributed by atoms with Crippen LogP contribution in [0.25, 0.3) is 88.4 Å². The van der Waals surface area contributed by atoms with Crippen LogP contribution in [-0.2, 0) is 5.41 Å². The van der Waals surface area contributed by atoms with Crippen molar-refractivity contribution in [2.24, 2.45) is 0 Å². The topological polar surface area (TPSA) is 9.86 Å². The molecule has 0 spiro atoms. The summed E-state index contributed by atoms with van der Waals surface area (Å²) in [5.41, 5.74) is 17.5. The van der Waals surface area contributed by atoms with E-state index in [1.54, 1.807) is 0 Å². The Labute approximate surface area is 308 Å². The fourth-order valence-corrected chi connectivity index (χ4v) is 9.20. The van der Waals surface area contributed by atoms with Crippen LogP contribution in [0.5, 0.6) is 0 Å². The molecule has 0 N–H and O–H groups in total. The van der Waals surface area contributed by atoms with E-state index >= 15 is 0 Å². The molecule has 0 bridgehead atoms. The highest BCUT2D eigenvalue weighted by Gasteiger charge is 2.35. The van der Waals surface area contributed by atoms with E-state index in [0.717, 1.165) is 5.69 Å². The Kier molecular flexibility index (Phi) is 6.33. The lowest BCUT2D eigenvalue weighted by molar-refractivity contribution is 0.660. The van der Waals surface area contributed by atoms with Crippen molar-refractivity contribution in [2.75, 3.05) is 0 Å². The minimum absolute atomic E-state index is 0.0844. The summed E-state index contributed by atoms with van der Waals surface area (Å²) in [6.45, 7) is 4.73. The van der Waals surface area contributed by atoms with E-state index < -0.39 is 0 Å². The third-order valence-corrected chi connectivity index (χ3v) is 11.7. The molecule has 0 aliphatic heterocycles. The van der Waals surface area contributed by atoms with Gasteiger partial charge in [0.2, 0.25) is 0 Å². The number of hydrogen-bond acceptors (Lipinski definition) is 0. The Bertz CT molecular complexity index is 3060. The van der Waals surface area contributed by atoms with E-state index in [1.807, 2.05) is 0 Å². The number of fused-ring (bicyclic) bond motifs is 10. The van der Waals surface area contributed by atoms with Gasteiger partial charge in [0.05, 0.1) is 22.1 Å². The molecule has 1 aliphatic rings. The van der Waals surface area contributed by atoms with Crippen molar-refractivity contribution in [2.45, 2.75) is 19.3 Å². The van der Waals surface area contributed by atoms with Crippen molar-refractivity contribution in [3.05, 3.63) is 193 Å². The fraction of sp³-hybridized carbons (Fsp3) is 0.0588. The molecule has 11 rings (SSSR count). The van der Waals surface area contributed by atoms with Crippen molar-refractivity contribution >= 4 is 43.6 Å². The molecule has 0 amide bonds. The number of benzene rings is 8. The SMILES string of the molecule is CC1(C)c2ccccc2-c2ccc(-n3c4ccccc4c4ccc5c(c6ccccc6n5-c5cccc(-c6ccc(-c7ccccc7)cc6)c5)c43)cc21. The molecule has 250 valence electrons. The number of rotatable bonds is 4. The third kappa shape index (κ3) is 4.33. The molecular formula is C51H36N2. The second-order valence-electron chi connectivity index (χ2n) is 15.0. The van der Waals surface area contributed by atoms with Gasteiger partial charge in [-0.15, -0.1) is 0 Å². The van der Waals surface area contributed by atoms with Gasteiger partial charge >= 0.3 is 0 Å². The van der Waals surface area contributed by atoms with E-state index in [0.29, 0.717) is 0 Å². The first kappa shape index (κ1) is 30.0. The van der Waals surface area contributed by atoms with E-state index in [1.165, 1.54) is 93.8 Å². The maximum Gasteiger partial charge on any atom is 0.0641 e. The van der Waals surface area contributed by atoms with Crippen LogP contribution in [0.2, 0.25) is 0 Å². The zero-order chi connectivity index (χ0) is 35.3. The highest BCUT2D eigenvalue weighted by molar-refractivity contribution is 6.26. The van der Waals surface area contributed by atoms with Crippen LogP contribution in [0.3, 0.4) is 0 Å². The van der Waals surface area contributed by atoms with Gasteiger partial charge in [-0.1, -0.05) is 153 Å². The smallest absolute Gasteiger partial charge is 0.0641 e. The minimum atomic E-state index is -0.0844. The maximum absolute atomic E-state index is 2.52. The highest BCUT2D eigenvalue weighted by Crippen LogP contribution is 2.50. The van der Waals surface area contributed by atoms with Gasteiger partial charge < -0.3 is 9.13 Å². The zero-order valence-corrected chi connectivity index (χ0v) is 29.7. The monoisotopic (exact) mass is 676 g/mol. The number of hydrogen-bond donors (Lipinski definition) is 0. The molecule has 8 aromatic carbocycles. The molecule has 2 heteroatoms. The molecule has 2 nitrogen and oxygen atoms in total.